The molecule has 29 heavy (non-hydrogen) atoms. The van der Waals surface area contributed by atoms with Gasteiger partial charge >= 0.3 is 0 Å². The van der Waals surface area contributed by atoms with E-state index in [1.54, 1.807) is 4.90 Å². The predicted octanol–water partition coefficient (Wildman–Crippen LogP) is 1.72. The van der Waals surface area contributed by atoms with Crippen molar-refractivity contribution in [2.75, 3.05) is 13.1 Å². The first kappa shape index (κ1) is 21.9. The molecule has 2 aliphatic rings. The lowest BCUT2D eigenvalue weighted by molar-refractivity contribution is -0.135. The highest BCUT2D eigenvalue weighted by atomic mass is 35.5. The molecule has 0 unspecified atom stereocenters. The van der Waals surface area contributed by atoms with Gasteiger partial charge in [-0.05, 0) is 37.5 Å². The zero-order valence-corrected chi connectivity index (χ0v) is 17.8. The normalized spacial score (nSPS) is 22.9. The number of halogens is 2. The van der Waals surface area contributed by atoms with Gasteiger partial charge in [0.2, 0.25) is 11.8 Å². The summed E-state index contributed by atoms with van der Waals surface area (Å²) in [5.41, 5.74) is 0. The number of benzene rings is 1. The molecule has 2 amide bonds. The Morgan fingerprint density at radius 2 is 1.97 bits per heavy atom. The van der Waals surface area contributed by atoms with Crippen molar-refractivity contribution in [2.45, 2.75) is 42.7 Å². The fraction of sp³-hybridized carbons (Fsp3) is 0.444. The summed E-state index contributed by atoms with van der Waals surface area (Å²) in [7, 11) is -4.14. The molecule has 3 rings (SSSR count). The molecule has 2 heterocycles. The largest absolute Gasteiger partial charge is 0.393 e. The average molecular weight is 462 g/mol. The number of rotatable bonds is 4. The lowest BCUT2D eigenvalue weighted by Gasteiger charge is -2.32. The number of sulfonamides is 1. The van der Waals surface area contributed by atoms with E-state index in [2.05, 4.69) is 5.32 Å². The van der Waals surface area contributed by atoms with Crippen molar-refractivity contribution < 1.29 is 23.1 Å². The van der Waals surface area contributed by atoms with E-state index < -0.39 is 28.1 Å². The summed E-state index contributed by atoms with van der Waals surface area (Å²) >= 11 is 11.8. The third-order valence-electron chi connectivity index (χ3n) is 4.94. The molecule has 8 nitrogen and oxygen atoms in total. The molecule has 1 fully saturated rings. The second-order valence-corrected chi connectivity index (χ2v) is 9.58. The molecule has 11 heteroatoms. The van der Waals surface area contributed by atoms with Crippen LogP contribution in [0.1, 0.15) is 25.7 Å². The molecule has 1 aromatic rings. The molecule has 158 valence electrons. The summed E-state index contributed by atoms with van der Waals surface area (Å²) in [5, 5.41) is 12.5. The third kappa shape index (κ3) is 4.85. The summed E-state index contributed by atoms with van der Waals surface area (Å²) in [5.74, 6) is -0.941. The van der Waals surface area contributed by atoms with Crippen LogP contribution >= 0.6 is 23.2 Å². The Balaban J connectivity index is 1.84. The molecule has 0 saturated carbocycles. The summed E-state index contributed by atoms with van der Waals surface area (Å²) in [6.07, 6.45) is 3.36. The van der Waals surface area contributed by atoms with Crippen molar-refractivity contribution in [1.82, 2.24) is 14.5 Å². The molecule has 0 bridgehead atoms. The minimum absolute atomic E-state index is 0.0638. The molecule has 0 aromatic heterocycles. The van der Waals surface area contributed by atoms with E-state index in [1.165, 1.54) is 30.6 Å². The number of amides is 2. The molecule has 0 aliphatic carbocycles. The van der Waals surface area contributed by atoms with Crippen LogP contribution < -0.4 is 5.32 Å². The maximum Gasteiger partial charge on any atom is 0.264 e. The van der Waals surface area contributed by atoms with Gasteiger partial charge < -0.3 is 15.3 Å². The summed E-state index contributed by atoms with van der Waals surface area (Å²) in [6, 6.07) is 2.61. The second kappa shape index (κ2) is 8.91. The molecule has 1 saturated heterocycles. The molecule has 2 aliphatic heterocycles. The predicted molar refractivity (Wildman–Crippen MR) is 108 cm³/mol. The Morgan fingerprint density at radius 3 is 2.69 bits per heavy atom. The van der Waals surface area contributed by atoms with Crippen LogP contribution in [0.25, 0.3) is 0 Å². The number of nitrogens with zero attached hydrogens (tertiary/aromatic N) is 2. The second-order valence-electron chi connectivity index (χ2n) is 6.92. The van der Waals surface area contributed by atoms with Crippen LogP contribution in [-0.4, -0.2) is 59.8 Å². The van der Waals surface area contributed by atoms with Gasteiger partial charge in [0, 0.05) is 25.5 Å². The third-order valence-corrected chi connectivity index (χ3v) is 7.46. The molecule has 1 aromatic carbocycles. The van der Waals surface area contributed by atoms with E-state index in [1.807, 2.05) is 0 Å². The first-order chi connectivity index (χ1) is 13.7. The number of nitrogens with one attached hydrogen (secondary N) is 1. The average Bonchev–Trinajstić information content (AvgIpc) is 2.90. The van der Waals surface area contributed by atoms with Crippen LogP contribution in [-0.2, 0) is 19.6 Å². The topological polar surface area (TPSA) is 107 Å². The van der Waals surface area contributed by atoms with E-state index in [9.17, 15) is 23.1 Å². The van der Waals surface area contributed by atoms with Gasteiger partial charge in [-0.25, -0.2) is 8.42 Å². The maximum atomic E-state index is 13.1. The van der Waals surface area contributed by atoms with Crippen molar-refractivity contribution >= 4 is 45.0 Å². The van der Waals surface area contributed by atoms with Crippen LogP contribution in [0.5, 0.6) is 0 Å². The number of hydrogen-bond donors (Lipinski definition) is 2. The van der Waals surface area contributed by atoms with Gasteiger partial charge in [-0.3, -0.25) is 13.9 Å². The standard InChI is InChI=1S/C18H21Cl2N3O5S/c19-14-4-3-13(10-15(14)20)29(27,28)23-9-6-21-18(26)16(23)11-17(25)22-7-1-2-12(24)5-8-22/h3-4,6,9-10,12,16,24H,1-2,5,7-8,11H2,(H,21,26)/t12-,16-/m1/s1. The number of carbonyl (C=O) groups excluding carboxylic acids is 2. The molecular formula is C18H21Cl2N3O5S. The fourth-order valence-electron chi connectivity index (χ4n) is 3.32. The lowest BCUT2D eigenvalue weighted by Crippen LogP contribution is -2.51. The Morgan fingerprint density at radius 1 is 1.21 bits per heavy atom. The van der Waals surface area contributed by atoms with Gasteiger partial charge in [0.1, 0.15) is 6.04 Å². The van der Waals surface area contributed by atoms with Gasteiger partial charge in [-0.15, -0.1) is 0 Å². The van der Waals surface area contributed by atoms with E-state index in [4.69, 9.17) is 23.2 Å². The van der Waals surface area contributed by atoms with E-state index in [-0.39, 0.29) is 27.3 Å². The quantitative estimate of drug-likeness (QED) is 0.709. The lowest BCUT2D eigenvalue weighted by atomic mass is 10.1. The van der Waals surface area contributed by atoms with Crippen LogP contribution in [0.15, 0.2) is 35.5 Å². The van der Waals surface area contributed by atoms with Gasteiger partial charge in [0.15, 0.2) is 0 Å². The van der Waals surface area contributed by atoms with Gasteiger partial charge in [-0.2, -0.15) is 0 Å². The van der Waals surface area contributed by atoms with Crippen molar-refractivity contribution in [1.29, 1.82) is 0 Å². The molecular weight excluding hydrogens is 441 g/mol. The van der Waals surface area contributed by atoms with E-state index in [0.717, 1.165) is 4.31 Å². The first-order valence-corrected chi connectivity index (χ1v) is 11.3. The highest BCUT2D eigenvalue weighted by Crippen LogP contribution is 2.29. The zero-order chi connectivity index (χ0) is 21.2. The minimum Gasteiger partial charge on any atom is -0.393 e. The molecule has 2 N–H and O–H groups in total. The molecule has 0 radical (unpaired) electrons. The summed E-state index contributed by atoms with van der Waals surface area (Å²) in [6.45, 7) is 0.823. The highest BCUT2D eigenvalue weighted by Gasteiger charge is 2.38. The van der Waals surface area contributed by atoms with Crippen molar-refractivity contribution in [3.05, 3.63) is 40.6 Å². The monoisotopic (exact) mass is 461 g/mol. The highest BCUT2D eigenvalue weighted by molar-refractivity contribution is 7.89. The number of hydrogen-bond acceptors (Lipinski definition) is 5. The first-order valence-electron chi connectivity index (χ1n) is 9.11. The van der Waals surface area contributed by atoms with Gasteiger partial charge in [0.25, 0.3) is 10.0 Å². The summed E-state index contributed by atoms with van der Waals surface area (Å²) in [4.78, 5) is 26.6. The number of aliphatic hydroxyl groups excluding tert-OH is 1. The Labute approximate surface area is 179 Å². The summed E-state index contributed by atoms with van der Waals surface area (Å²) < 4.78 is 27.1. The number of likely N-dealkylation sites (tertiary alicyclic amines) is 1. The zero-order valence-electron chi connectivity index (χ0n) is 15.4. The van der Waals surface area contributed by atoms with E-state index in [0.29, 0.717) is 32.4 Å². The molecule has 0 spiro atoms. The van der Waals surface area contributed by atoms with Gasteiger partial charge in [-0.1, -0.05) is 23.2 Å². The smallest absolute Gasteiger partial charge is 0.264 e. The Kier molecular flexibility index (Phi) is 6.72. The van der Waals surface area contributed by atoms with Crippen LogP contribution in [0.3, 0.4) is 0 Å². The SMILES string of the molecule is O=C1NC=CN(S(=O)(=O)c2ccc(Cl)c(Cl)c2)[C@@H]1CC(=O)N1CCC[C@@H](O)CC1. The molecule has 2 atom stereocenters. The van der Waals surface area contributed by atoms with Crippen LogP contribution in [0, 0.1) is 0 Å². The number of carbonyl (C=O) groups is 2. The van der Waals surface area contributed by atoms with Crippen LogP contribution in [0.4, 0.5) is 0 Å². The van der Waals surface area contributed by atoms with Crippen LogP contribution in [0.2, 0.25) is 10.0 Å². The van der Waals surface area contributed by atoms with Crippen molar-refractivity contribution in [3.8, 4) is 0 Å². The van der Waals surface area contributed by atoms with Crippen molar-refractivity contribution in [3.63, 3.8) is 0 Å². The minimum atomic E-state index is -4.14. The van der Waals surface area contributed by atoms with Crippen molar-refractivity contribution in [2.24, 2.45) is 0 Å². The van der Waals surface area contributed by atoms with E-state index >= 15 is 0 Å². The Bertz CT molecular complexity index is 937. The maximum absolute atomic E-state index is 13.1. The number of aliphatic hydroxyl groups is 1. The van der Waals surface area contributed by atoms with Gasteiger partial charge in [0.05, 0.1) is 27.5 Å². The Hall–Kier alpha value is -1.81. The fourth-order valence-corrected chi connectivity index (χ4v) is 5.16.